The Morgan fingerprint density at radius 3 is 1.13 bits per heavy atom. The zero-order chi connectivity index (χ0) is 74.5. The summed E-state index contributed by atoms with van der Waals surface area (Å²) in [5.74, 6) is -7.58. The van der Waals surface area contributed by atoms with Gasteiger partial charge in [-0.2, -0.15) is 0 Å². The predicted molar refractivity (Wildman–Crippen MR) is 367 cm³/mol. The molecule has 3 heterocycles. The van der Waals surface area contributed by atoms with E-state index in [0.29, 0.717) is 13.0 Å². The maximum atomic E-state index is 14.7. The number of nitrogens with one attached hydrogen (secondary N) is 1. The molecule has 3 saturated heterocycles. The first kappa shape index (κ1) is 88.7. The van der Waals surface area contributed by atoms with Crippen molar-refractivity contribution in [3.05, 3.63) is 0 Å². The Hall–Kier alpha value is -5.54. The average Bonchev–Trinajstić information content (AvgIpc) is 0.779. The zero-order valence-corrected chi connectivity index (χ0v) is 63.3. The fourth-order valence-corrected chi connectivity index (χ4v) is 12.2. The van der Waals surface area contributed by atoms with Crippen LogP contribution in [0.15, 0.2) is 0 Å². The van der Waals surface area contributed by atoms with Gasteiger partial charge in [0.25, 0.3) is 0 Å². The largest absolute Gasteiger partial charge is 0.462 e. The second kappa shape index (κ2) is 46.9. The number of carbonyl (C=O) groups excluding carboxylic acids is 10. The van der Waals surface area contributed by atoms with Gasteiger partial charge >= 0.3 is 47.8 Å². The van der Waals surface area contributed by atoms with Gasteiger partial charge in [0, 0.05) is 61.1 Å². The predicted octanol–water partition coefficient (Wildman–Crippen LogP) is 11.3. The van der Waals surface area contributed by atoms with Gasteiger partial charge in [0.2, 0.25) is 11.8 Å². The van der Waals surface area contributed by atoms with Crippen LogP contribution in [0, 0.1) is 10.8 Å². The molecule has 3 aliphatic heterocycles. The first-order chi connectivity index (χ1) is 47.3. The molecule has 3 rings (SSSR count). The fourth-order valence-electron chi connectivity index (χ4n) is 12.2. The molecule has 576 valence electrons. The number of amides is 2. The van der Waals surface area contributed by atoms with E-state index >= 15 is 0 Å². The number of hydrogen-bond acceptors (Lipinski definition) is 24. The van der Waals surface area contributed by atoms with Gasteiger partial charge in [-0.1, -0.05) is 162 Å². The van der Waals surface area contributed by atoms with Crippen LogP contribution in [0.5, 0.6) is 0 Å². The van der Waals surface area contributed by atoms with Crippen LogP contribution in [0.25, 0.3) is 0 Å². The van der Waals surface area contributed by atoms with Gasteiger partial charge in [-0.25, -0.2) is 0 Å². The van der Waals surface area contributed by atoms with Crippen molar-refractivity contribution in [1.29, 1.82) is 0 Å². The van der Waals surface area contributed by atoms with Crippen LogP contribution in [-0.2, 0) is 114 Å². The van der Waals surface area contributed by atoms with E-state index in [9.17, 15) is 47.9 Å². The van der Waals surface area contributed by atoms with Crippen molar-refractivity contribution in [3.63, 3.8) is 0 Å². The van der Waals surface area contributed by atoms with Gasteiger partial charge in [0.05, 0.1) is 36.2 Å². The molecule has 1 N–H and O–H groups in total. The Labute approximate surface area is 595 Å². The zero-order valence-electron chi connectivity index (χ0n) is 63.3. The Morgan fingerprint density at radius 1 is 0.390 bits per heavy atom. The summed E-state index contributed by atoms with van der Waals surface area (Å²) in [6.45, 7) is 22.1. The third-order valence-electron chi connectivity index (χ3n) is 17.5. The van der Waals surface area contributed by atoms with Gasteiger partial charge in [0.1, 0.15) is 18.8 Å². The molecule has 0 unspecified atom stereocenters. The summed E-state index contributed by atoms with van der Waals surface area (Å²) >= 11 is 0. The van der Waals surface area contributed by atoms with E-state index in [1.807, 2.05) is 0 Å². The second-order valence-corrected chi connectivity index (χ2v) is 29.0. The van der Waals surface area contributed by atoms with E-state index in [0.717, 1.165) is 106 Å². The molecule has 2 amide bonds. The lowest BCUT2D eigenvalue weighted by molar-refractivity contribution is -0.385. The second-order valence-electron chi connectivity index (χ2n) is 29.0. The minimum Gasteiger partial charge on any atom is -0.462 e. The summed E-state index contributed by atoms with van der Waals surface area (Å²) < 4.78 is 86.6. The Balaban J connectivity index is 2.17. The molecule has 26 nitrogen and oxygen atoms in total. The summed E-state index contributed by atoms with van der Waals surface area (Å²) in [5, 5.41) is 3.00. The molecule has 0 aromatic heterocycles. The van der Waals surface area contributed by atoms with E-state index in [2.05, 4.69) is 19.2 Å². The van der Waals surface area contributed by atoms with Crippen molar-refractivity contribution in [1.82, 2.24) is 10.2 Å². The molecule has 0 spiro atoms. The highest BCUT2D eigenvalue weighted by Crippen LogP contribution is 2.39. The van der Waals surface area contributed by atoms with E-state index < -0.39 is 164 Å². The average molecular weight is 1430 g/mol. The normalized spacial score (nSPS) is 25.3. The van der Waals surface area contributed by atoms with Gasteiger partial charge in [-0.05, 0) is 68.2 Å². The molecule has 26 heteroatoms. The lowest BCUT2D eigenvalue weighted by Crippen LogP contribution is -2.68. The Morgan fingerprint density at radius 2 is 0.740 bits per heavy atom. The number of carbonyl (C=O) groups is 10. The molecule has 3 fully saturated rings. The first-order valence-corrected chi connectivity index (χ1v) is 37.1. The molecular formula is C74H126N2O24. The molecule has 0 aliphatic carbocycles. The van der Waals surface area contributed by atoms with Gasteiger partial charge < -0.3 is 76.5 Å². The summed E-state index contributed by atoms with van der Waals surface area (Å²) in [6.07, 6.45) is 4.01. The summed E-state index contributed by atoms with van der Waals surface area (Å²) in [7, 11) is 0. The number of nitrogens with zero attached hydrogens (tertiary/aromatic N) is 1. The van der Waals surface area contributed by atoms with Crippen molar-refractivity contribution in [2.45, 2.75) is 370 Å². The molecular weight excluding hydrogens is 1300 g/mol. The van der Waals surface area contributed by atoms with Crippen LogP contribution in [0.4, 0.5) is 0 Å². The van der Waals surface area contributed by atoms with Crippen LogP contribution >= 0.6 is 0 Å². The number of esters is 8. The third-order valence-corrected chi connectivity index (χ3v) is 17.5. The van der Waals surface area contributed by atoms with Gasteiger partial charge in [-0.15, -0.1) is 0 Å². The molecule has 0 aromatic rings. The smallest absolute Gasteiger partial charge is 0.311 e. The molecule has 100 heavy (non-hydrogen) atoms. The van der Waals surface area contributed by atoms with Crippen LogP contribution < -0.4 is 5.32 Å². The van der Waals surface area contributed by atoms with Crippen LogP contribution in [0.1, 0.15) is 278 Å². The lowest BCUT2D eigenvalue weighted by Gasteiger charge is -2.50. The third kappa shape index (κ3) is 33.7. The van der Waals surface area contributed by atoms with Gasteiger partial charge in [0.15, 0.2) is 67.7 Å². The van der Waals surface area contributed by atoms with Crippen molar-refractivity contribution < 1.29 is 114 Å². The minimum atomic E-state index is -1.87. The van der Waals surface area contributed by atoms with Crippen molar-refractivity contribution in [2.75, 3.05) is 32.8 Å². The Kier molecular flexibility index (Phi) is 41.6. The van der Waals surface area contributed by atoms with E-state index in [1.165, 1.54) is 109 Å². The SMILES string of the molecule is CCCCCCCCCCCCCCCCCCNC(=O)CN(CCO[C@@H]1O[C@H](COC(=O)C(C)(C)C)[C@@H](O[C@@H]2O[C@@H](C)[C@H](OC(C)=O)[C@@H](OC(C)=O)[C@H]2OC(C)=O)[C@H](OC(=O)C(C)(C)C)[C@H]1O[C@@H]1O[C@@H](C)[C@H](OC(C)=O)[C@@H](OC(C)=O)[C@H]1OC(C)=O)C(=O)CCCCCCCCCCC. The van der Waals surface area contributed by atoms with Gasteiger partial charge in [-0.3, -0.25) is 47.9 Å². The van der Waals surface area contributed by atoms with Crippen molar-refractivity contribution >= 4 is 59.6 Å². The highest BCUT2D eigenvalue weighted by molar-refractivity contribution is 5.84. The molecule has 15 atom stereocenters. The summed E-state index contributed by atoms with van der Waals surface area (Å²) in [5.41, 5.74) is -2.43. The molecule has 0 bridgehead atoms. The number of hydrogen-bond donors (Lipinski definition) is 1. The highest BCUT2D eigenvalue weighted by Gasteiger charge is 2.59. The molecule has 0 aromatic carbocycles. The monoisotopic (exact) mass is 1430 g/mol. The first-order valence-electron chi connectivity index (χ1n) is 37.1. The van der Waals surface area contributed by atoms with Crippen LogP contribution in [-0.4, -0.2) is 189 Å². The number of rotatable bonds is 46. The molecule has 0 radical (unpaired) electrons. The number of unbranched alkanes of at least 4 members (excludes halogenated alkanes) is 23. The number of ether oxygens (including phenoxy) is 14. The maximum absolute atomic E-state index is 14.7. The fraction of sp³-hybridized carbons (Fsp3) is 0.865. The van der Waals surface area contributed by atoms with Crippen LogP contribution in [0.3, 0.4) is 0 Å². The molecule has 0 saturated carbocycles. The van der Waals surface area contributed by atoms with E-state index in [1.54, 1.807) is 41.5 Å². The van der Waals surface area contributed by atoms with Crippen molar-refractivity contribution in [2.24, 2.45) is 10.8 Å². The minimum absolute atomic E-state index is 0.127. The maximum Gasteiger partial charge on any atom is 0.311 e. The Bertz CT molecular complexity index is 2480. The standard InChI is InChI=1S/C74H126N2O24/c1-17-19-21-23-25-27-28-29-30-31-32-33-35-37-39-41-43-75-57(83)46-76(58(84)42-40-38-36-34-26-24-22-20-18-2)44-45-87-68-65(99-70-67(96-55(10)82)63(94-53(8)80)60(49(4)90-70)92-51(6)78)64(100-72(86)74(14,15)16)61(56(97-68)47-88-71(85)73(11,12)13)98-69-66(95-54(9)81)62(93-52(7)79)59(48(3)89-69)91-50(5)77/h48-49,56,59-70H,17-47H2,1-16H3,(H,75,83)/t48-,49-,56+,59-,60-,61+,62+,63+,64-,65+,66+,67+,68+,69-,70-/m0/s1. The summed E-state index contributed by atoms with van der Waals surface area (Å²) in [6, 6.07) is 0. The quantitative estimate of drug-likeness (QED) is 0.0336. The van der Waals surface area contributed by atoms with E-state index in [4.69, 9.17) is 66.3 Å². The highest BCUT2D eigenvalue weighted by atomic mass is 16.8. The van der Waals surface area contributed by atoms with Crippen LogP contribution in [0.2, 0.25) is 0 Å². The van der Waals surface area contributed by atoms with E-state index in [-0.39, 0.29) is 31.3 Å². The summed E-state index contributed by atoms with van der Waals surface area (Å²) in [4.78, 5) is 135. The van der Waals surface area contributed by atoms with Crippen molar-refractivity contribution in [3.8, 4) is 0 Å². The topological polar surface area (TPSA) is 315 Å². The lowest BCUT2D eigenvalue weighted by atomic mass is 9.94. The molecule has 3 aliphatic rings.